The average Bonchev–Trinajstić information content (AvgIpc) is 3.01. The first kappa shape index (κ1) is 23.0. The number of rotatable bonds is 7. The van der Waals surface area contributed by atoms with E-state index in [1.807, 2.05) is 0 Å². The molecule has 1 saturated heterocycles. The van der Waals surface area contributed by atoms with E-state index in [-0.39, 0.29) is 30.4 Å². The minimum Gasteiger partial charge on any atom is -0.372 e. The molecule has 3 rings (SSSR count). The predicted octanol–water partition coefficient (Wildman–Crippen LogP) is 1.27. The molecule has 0 saturated carbocycles. The Kier molecular flexibility index (Phi) is 6.83. The zero-order valence-corrected chi connectivity index (χ0v) is 18.2. The average molecular weight is 470 g/mol. The molecule has 0 spiro atoms. The standard InChI is InChI=1S/C20H21ClFN3O5S/c1-24(12-31(29)30)16-3-2-4-17(10-16)25-6-5-20(28,19(25)27)18(26)23-11-13-7-14(21)9-15(22)8-13/h2-4,7-10,28,31H,5-6,11-12H2,1H3,(H,23,26)/t20-/m1/s1. The summed E-state index contributed by atoms with van der Waals surface area (Å²) in [7, 11) is -1.03. The molecule has 0 aliphatic carbocycles. The van der Waals surface area contributed by atoms with Crippen molar-refractivity contribution in [3.63, 3.8) is 0 Å². The summed E-state index contributed by atoms with van der Waals surface area (Å²) in [6, 6.07) is 10.4. The number of hydrogen-bond donors (Lipinski definition) is 3. The number of benzene rings is 2. The summed E-state index contributed by atoms with van der Waals surface area (Å²) < 4.78 is 35.4. The van der Waals surface area contributed by atoms with Crippen molar-refractivity contribution in [1.29, 1.82) is 0 Å². The molecule has 2 aromatic carbocycles. The van der Waals surface area contributed by atoms with E-state index in [2.05, 4.69) is 5.32 Å². The molecule has 2 N–H and O–H groups in total. The van der Waals surface area contributed by atoms with Crippen LogP contribution in [-0.2, 0) is 26.8 Å². The van der Waals surface area contributed by atoms with Crippen LogP contribution >= 0.6 is 11.6 Å². The number of thiol groups is 1. The number of nitrogens with zero attached hydrogens (tertiary/aromatic N) is 2. The maximum atomic E-state index is 13.4. The molecule has 31 heavy (non-hydrogen) atoms. The van der Waals surface area contributed by atoms with Gasteiger partial charge >= 0.3 is 0 Å². The maximum absolute atomic E-state index is 13.4. The molecule has 8 nitrogen and oxygen atoms in total. The third-order valence-corrected chi connectivity index (χ3v) is 5.83. The summed E-state index contributed by atoms with van der Waals surface area (Å²) in [5.41, 5.74) is -0.891. The second-order valence-corrected chi connectivity index (χ2v) is 8.60. The van der Waals surface area contributed by atoms with Gasteiger partial charge < -0.3 is 20.2 Å². The van der Waals surface area contributed by atoms with E-state index in [0.717, 1.165) is 6.07 Å². The molecule has 1 fully saturated rings. The van der Waals surface area contributed by atoms with Gasteiger partial charge in [-0.2, -0.15) is 0 Å². The van der Waals surface area contributed by atoms with Gasteiger partial charge in [-0.25, -0.2) is 12.8 Å². The monoisotopic (exact) mass is 469 g/mol. The van der Waals surface area contributed by atoms with E-state index in [4.69, 9.17) is 11.6 Å². The van der Waals surface area contributed by atoms with Crippen LogP contribution in [0.1, 0.15) is 12.0 Å². The zero-order valence-electron chi connectivity index (χ0n) is 16.5. The molecule has 0 radical (unpaired) electrons. The van der Waals surface area contributed by atoms with Crippen LogP contribution in [0.25, 0.3) is 0 Å². The van der Waals surface area contributed by atoms with Crippen LogP contribution in [0, 0.1) is 5.82 Å². The predicted molar refractivity (Wildman–Crippen MR) is 115 cm³/mol. The van der Waals surface area contributed by atoms with Crippen molar-refractivity contribution in [2.24, 2.45) is 0 Å². The van der Waals surface area contributed by atoms with Crippen molar-refractivity contribution in [3.05, 3.63) is 58.9 Å². The van der Waals surface area contributed by atoms with E-state index in [0.29, 0.717) is 16.9 Å². The molecule has 0 aromatic heterocycles. The molecule has 166 valence electrons. The van der Waals surface area contributed by atoms with E-state index < -0.39 is 33.9 Å². The molecular weight excluding hydrogens is 449 g/mol. The Morgan fingerprint density at radius 2 is 2.06 bits per heavy atom. The maximum Gasteiger partial charge on any atom is 0.268 e. The van der Waals surface area contributed by atoms with Crippen molar-refractivity contribution in [1.82, 2.24) is 5.32 Å². The fourth-order valence-electron chi connectivity index (χ4n) is 3.36. The van der Waals surface area contributed by atoms with Gasteiger partial charge in [-0.05, 0) is 42.0 Å². The highest BCUT2D eigenvalue weighted by Crippen LogP contribution is 2.31. The Morgan fingerprint density at radius 1 is 1.32 bits per heavy atom. The lowest BCUT2D eigenvalue weighted by Gasteiger charge is -2.23. The summed E-state index contributed by atoms with van der Waals surface area (Å²) in [6.07, 6.45) is -0.131. The van der Waals surface area contributed by atoms with Gasteiger partial charge in [0.25, 0.3) is 11.8 Å². The van der Waals surface area contributed by atoms with E-state index in [9.17, 15) is 27.5 Å². The molecule has 11 heteroatoms. The molecule has 0 unspecified atom stereocenters. The van der Waals surface area contributed by atoms with Gasteiger partial charge in [-0.1, -0.05) is 17.7 Å². The summed E-state index contributed by atoms with van der Waals surface area (Å²) in [6.45, 7) is -0.0168. The third-order valence-electron chi connectivity index (χ3n) is 4.96. The Balaban J connectivity index is 1.72. The third kappa shape index (κ3) is 5.15. The summed E-state index contributed by atoms with van der Waals surface area (Å²) in [5.74, 6) is -2.44. The highest BCUT2D eigenvalue weighted by atomic mass is 35.5. The van der Waals surface area contributed by atoms with Gasteiger partial charge in [0.1, 0.15) is 11.7 Å². The van der Waals surface area contributed by atoms with Crippen LogP contribution < -0.4 is 15.1 Å². The fraction of sp³-hybridized carbons (Fsp3) is 0.300. The summed E-state index contributed by atoms with van der Waals surface area (Å²) in [4.78, 5) is 28.2. The molecule has 1 aliphatic heterocycles. The van der Waals surface area contributed by atoms with Crippen molar-refractivity contribution in [2.45, 2.75) is 18.6 Å². The fourth-order valence-corrected chi connectivity index (χ4v) is 4.11. The number of amides is 2. The highest BCUT2D eigenvalue weighted by Gasteiger charge is 2.51. The van der Waals surface area contributed by atoms with Gasteiger partial charge in [-0.15, -0.1) is 0 Å². The molecule has 1 heterocycles. The lowest BCUT2D eigenvalue weighted by atomic mass is 10.0. The van der Waals surface area contributed by atoms with Gasteiger partial charge in [0.2, 0.25) is 5.60 Å². The lowest BCUT2D eigenvalue weighted by molar-refractivity contribution is -0.149. The Labute approximate surface area is 185 Å². The molecule has 1 aliphatic rings. The van der Waals surface area contributed by atoms with Crippen molar-refractivity contribution in [2.75, 3.05) is 29.3 Å². The van der Waals surface area contributed by atoms with Crippen LogP contribution in [0.4, 0.5) is 15.8 Å². The lowest BCUT2D eigenvalue weighted by Crippen LogP contribution is -2.52. The van der Waals surface area contributed by atoms with Gasteiger partial charge in [0.15, 0.2) is 10.7 Å². The SMILES string of the molecule is CN(C[SH](=O)=O)c1cccc(N2CC[C@@](O)(C(=O)NCc3cc(F)cc(Cl)c3)C2=O)c1. The number of nitrogens with one attached hydrogen (secondary N) is 1. The van der Waals surface area contributed by atoms with Crippen LogP contribution in [0.5, 0.6) is 0 Å². The van der Waals surface area contributed by atoms with Gasteiger partial charge in [0, 0.05) is 43.0 Å². The minimum absolute atomic E-state index is 0.0948. The summed E-state index contributed by atoms with van der Waals surface area (Å²) in [5, 5.41) is 13.4. The van der Waals surface area contributed by atoms with Crippen molar-refractivity contribution < 1.29 is 27.5 Å². The topological polar surface area (TPSA) is 107 Å². The second kappa shape index (κ2) is 9.21. The normalized spacial score (nSPS) is 18.5. The van der Waals surface area contributed by atoms with Crippen molar-refractivity contribution >= 4 is 45.5 Å². The van der Waals surface area contributed by atoms with E-state index in [1.165, 1.54) is 21.9 Å². The Morgan fingerprint density at radius 3 is 2.74 bits per heavy atom. The minimum atomic E-state index is -2.62. The highest BCUT2D eigenvalue weighted by molar-refractivity contribution is 7.72. The van der Waals surface area contributed by atoms with E-state index >= 15 is 0 Å². The van der Waals surface area contributed by atoms with Gasteiger partial charge in [0.05, 0.1) is 0 Å². The number of aliphatic hydroxyl groups is 1. The summed E-state index contributed by atoms with van der Waals surface area (Å²) >= 11 is 5.79. The molecule has 1 atom stereocenters. The number of anilines is 2. The molecule has 0 bridgehead atoms. The number of carbonyl (C=O) groups is 2. The number of halogens is 2. The smallest absolute Gasteiger partial charge is 0.268 e. The van der Waals surface area contributed by atoms with Crippen LogP contribution in [-0.4, -0.2) is 50.4 Å². The molecule has 2 aromatic rings. The van der Waals surface area contributed by atoms with Crippen molar-refractivity contribution in [3.8, 4) is 0 Å². The molecule has 2 amide bonds. The Bertz CT molecular complexity index is 1070. The number of hydrogen-bond acceptors (Lipinski definition) is 6. The zero-order chi connectivity index (χ0) is 22.8. The number of carbonyl (C=O) groups excluding carboxylic acids is 2. The quantitative estimate of drug-likeness (QED) is 0.416. The van der Waals surface area contributed by atoms with Gasteiger partial charge in [-0.3, -0.25) is 9.59 Å². The Hall–Kier alpha value is -2.69. The van der Waals surface area contributed by atoms with Crippen LogP contribution in [0.2, 0.25) is 5.02 Å². The molecular formula is C20H21ClFN3O5S. The first-order chi connectivity index (χ1) is 14.6. The van der Waals surface area contributed by atoms with Crippen LogP contribution in [0.3, 0.4) is 0 Å². The largest absolute Gasteiger partial charge is 0.372 e. The second-order valence-electron chi connectivity index (χ2n) is 7.22. The van der Waals surface area contributed by atoms with Crippen LogP contribution in [0.15, 0.2) is 42.5 Å². The van der Waals surface area contributed by atoms with E-state index in [1.54, 1.807) is 31.3 Å². The first-order valence-electron chi connectivity index (χ1n) is 9.31. The first-order valence-corrected chi connectivity index (χ1v) is 11.0.